The fraction of sp³-hybridized carbons (Fsp3) is 0.571. The molecule has 0 radical (unpaired) electrons. The van der Waals surface area contributed by atoms with Crippen LogP contribution in [0.1, 0.15) is 20.3 Å². The monoisotopic (exact) mass is 330 g/mol. The Morgan fingerprint density at radius 1 is 1.39 bits per heavy atom. The topological polar surface area (TPSA) is 15.3 Å². The Bertz CT molecular complexity index is 424. The zero-order valence-corrected chi connectivity index (χ0v) is 13.4. The predicted octanol–water partition coefficient (Wildman–Crippen LogP) is 4.24. The van der Waals surface area contributed by atoms with Gasteiger partial charge in [-0.3, -0.25) is 0 Å². The second-order valence-corrected chi connectivity index (χ2v) is 6.64. The molecular weight excluding hydrogens is 312 g/mol. The van der Waals surface area contributed by atoms with Gasteiger partial charge in [0.15, 0.2) is 0 Å². The van der Waals surface area contributed by atoms with E-state index in [4.69, 9.17) is 11.6 Å². The van der Waals surface area contributed by atoms with E-state index in [-0.39, 0.29) is 0 Å². The number of piperidine rings is 1. The highest BCUT2D eigenvalue weighted by Crippen LogP contribution is 2.28. The lowest BCUT2D eigenvalue weighted by atomic mass is 9.89. The van der Waals surface area contributed by atoms with Crippen molar-refractivity contribution >= 4 is 33.2 Å². The number of anilines is 1. The standard InChI is InChI=1S/C14H20BrClN2/c1-9-8-18(3)10(2)6-14(9)17-11-4-5-12(15)13(16)7-11/h4-5,7,9-10,14,17H,6,8H2,1-3H3. The molecule has 1 aliphatic heterocycles. The minimum Gasteiger partial charge on any atom is -0.382 e. The summed E-state index contributed by atoms with van der Waals surface area (Å²) in [5, 5.41) is 4.38. The molecule has 0 spiro atoms. The van der Waals surface area contributed by atoms with Gasteiger partial charge in [0.2, 0.25) is 0 Å². The van der Waals surface area contributed by atoms with Crippen LogP contribution in [0.5, 0.6) is 0 Å². The fourth-order valence-corrected chi connectivity index (χ4v) is 2.97. The van der Waals surface area contributed by atoms with E-state index in [9.17, 15) is 0 Å². The zero-order chi connectivity index (χ0) is 13.3. The largest absolute Gasteiger partial charge is 0.382 e. The van der Waals surface area contributed by atoms with Gasteiger partial charge < -0.3 is 10.2 Å². The quantitative estimate of drug-likeness (QED) is 0.872. The lowest BCUT2D eigenvalue weighted by Crippen LogP contribution is -2.48. The van der Waals surface area contributed by atoms with E-state index < -0.39 is 0 Å². The van der Waals surface area contributed by atoms with Crippen LogP contribution >= 0.6 is 27.5 Å². The number of nitrogens with one attached hydrogen (secondary N) is 1. The van der Waals surface area contributed by atoms with Crippen molar-refractivity contribution in [3.63, 3.8) is 0 Å². The third-order valence-corrected chi connectivity index (χ3v) is 5.11. The molecule has 1 fully saturated rings. The van der Waals surface area contributed by atoms with Crippen LogP contribution in [0, 0.1) is 5.92 Å². The van der Waals surface area contributed by atoms with Gasteiger partial charge >= 0.3 is 0 Å². The van der Waals surface area contributed by atoms with E-state index in [1.807, 2.05) is 12.1 Å². The van der Waals surface area contributed by atoms with Crippen LogP contribution in [0.4, 0.5) is 5.69 Å². The van der Waals surface area contributed by atoms with Crippen LogP contribution in [0.15, 0.2) is 22.7 Å². The number of hydrogen-bond acceptors (Lipinski definition) is 2. The first-order valence-electron chi connectivity index (χ1n) is 6.39. The van der Waals surface area contributed by atoms with E-state index in [0.717, 1.165) is 21.7 Å². The Morgan fingerprint density at radius 3 is 2.78 bits per heavy atom. The molecular formula is C14H20BrClN2. The van der Waals surface area contributed by atoms with Gasteiger partial charge in [0.25, 0.3) is 0 Å². The van der Waals surface area contributed by atoms with Crippen LogP contribution in [0.2, 0.25) is 5.02 Å². The molecule has 2 nitrogen and oxygen atoms in total. The highest BCUT2D eigenvalue weighted by molar-refractivity contribution is 9.10. The minimum atomic E-state index is 0.522. The van der Waals surface area contributed by atoms with Gasteiger partial charge in [-0.1, -0.05) is 18.5 Å². The lowest BCUT2D eigenvalue weighted by Gasteiger charge is -2.40. The third kappa shape index (κ3) is 3.19. The van der Waals surface area contributed by atoms with Crippen molar-refractivity contribution in [1.82, 2.24) is 4.90 Å². The molecule has 3 atom stereocenters. The summed E-state index contributed by atoms with van der Waals surface area (Å²) in [6.45, 7) is 5.73. The van der Waals surface area contributed by atoms with E-state index in [0.29, 0.717) is 18.0 Å². The molecule has 0 bridgehead atoms. The van der Waals surface area contributed by atoms with Gasteiger partial charge in [0.1, 0.15) is 0 Å². The van der Waals surface area contributed by atoms with Gasteiger partial charge in [-0.15, -0.1) is 0 Å². The van der Waals surface area contributed by atoms with E-state index in [1.54, 1.807) is 0 Å². The van der Waals surface area contributed by atoms with Gasteiger partial charge in [-0.25, -0.2) is 0 Å². The molecule has 0 aromatic heterocycles. The van der Waals surface area contributed by atoms with Crippen molar-refractivity contribution in [1.29, 1.82) is 0 Å². The SMILES string of the molecule is CC1CN(C)C(C)CC1Nc1ccc(Br)c(Cl)c1. The highest BCUT2D eigenvalue weighted by atomic mass is 79.9. The van der Waals surface area contributed by atoms with Crippen LogP contribution in [-0.2, 0) is 0 Å². The maximum atomic E-state index is 6.12. The second kappa shape index (κ2) is 5.81. The summed E-state index contributed by atoms with van der Waals surface area (Å²) in [4.78, 5) is 2.43. The Hall–Kier alpha value is -0.250. The molecule has 3 unspecified atom stereocenters. The number of halogens is 2. The number of likely N-dealkylation sites (tertiary alicyclic amines) is 1. The predicted molar refractivity (Wildman–Crippen MR) is 82.4 cm³/mol. The Kier molecular flexibility index (Phi) is 4.57. The summed E-state index contributed by atoms with van der Waals surface area (Å²) < 4.78 is 0.944. The van der Waals surface area contributed by atoms with Crippen molar-refractivity contribution < 1.29 is 0 Å². The van der Waals surface area contributed by atoms with Crippen LogP contribution in [-0.4, -0.2) is 30.6 Å². The first kappa shape index (κ1) is 14.2. The Labute approximate surface area is 123 Å². The fourth-order valence-electron chi connectivity index (χ4n) is 2.54. The summed E-state index contributed by atoms with van der Waals surface area (Å²) in [6.07, 6.45) is 1.17. The van der Waals surface area contributed by atoms with Gasteiger partial charge in [0.05, 0.1) is 5.02 Å². The molecule has 18 heavy (non-hydrogen) atoms. The summed E-state index contributed by atoms with van der Waals surface area (Å²) in [5.41, 5.74) is 1.11. The van der Waals surface area contributed by atoms with E-state index in [1.165, 1.54) is 6.42 Å². The van der Waals surface area contributed by atoms with Crippen LogP contribution in [0.25, 0.3) is 0 Å². The maximum absolute atomic E-state index is 6.12. The molecule has 1 N–H and O–H groups in total. The van der Waals surface area contributed by atoms with Crippen molar-refractivity contribution in [2.75, 3.05) is 18.9 Å². The maximum Gasteiger partial charge on any atom is 0.0568 e. The van der Waals surface area contributed by atoms with Crippen LogP contribution in [0.3, 0.4) is 0 Å². The molecule has 1 aromatic carbocycles. The highest BCUT2D eigenvalue weighted by Gasteiger charge is 2.28. The third-order valence-electron chi connectivity index (χ3n) is 3.88. The number of rotatable bonds is 2. The van der Waals surface area contributed by atoms with Crippen molar-refractivity contribution in [2.24, 2.45) is 5.92 Å². The Balaban J connectivity index is 2.06. The van der Waals surface area contributed by atoms with E-state index in [2.05, 4.69) is 53.1 Å². The number of nitrogens with zero attached hydrogens (tertiary/aromatic N) is 1. The lowest BCUT2D eigenvalue weighted by molar-refractivity contribution is 0.145. The van der Waals surface area contributed by atoms with Crippen molar-refractivity contribution in [2.45, 2.75) is 32.4 Å². The molecule has 1 saturated heterocycles. The summed E-state index contributed by atoms with van der Waals surface area (Å²) in [5.74, 6) is 0.647. The number of hydrogen-bond donors (Lipinski definition) is 1. The Morgan fingerprint density at radius 2 is 2.11 bits per heavy atom. The first-order valence-corrected chi connectivity index (χ1v) is 7.56. The molecule has 4 heteroatoms. The average molecular weight is 332 g/mol. The summed E-state index contributed by atoms with van der Waals surface area (Å²) in [6, 6.07) is 7.21. The molecule has 1 aromatic rings. The zero-order valence-electron chi connectivity index (χ0n) is 11.1. The van der Waals surface area contributed by atoms with Crippen molar-refractivity contribution in [3.8, 4) is 0 Å². The first-order chi connectivity index (χ1) is 8.47. The van der Waals surface area contributed by atoms with Gasteiger partial charge in [-0.2, -0.15) is 0 Å². The van der Waals surface area contributed by atoms with Crippen LogP contribution < -0.4 is 5.32 Å². The van der Waals surface area contributed by atoms with Gasteiger partial charge in [0, 0.05) is 28.8 Å². The molecule has 1 aliphatic rings. The molecule has 1 heterocycles. The number of benzene rings is 1. The molecule has 0 saturated carbocycles. The normalized spacial score (nSPS) is 29.3. The molecule has 2 rings (SSSR count). The molecule has 0 aliphatic carbocycles. The molecule has 100 valence electrons. The van der Waals surface area contributed by atoms with Gasteiger partial charge in [-0.05, 0) is 60.4 Å². The summed E-state index contributed by atoms with van der Waals surface area (Å²) in [7, 11) is 2.20. The molecule has 0 amide bonds. The minimum absolute atomic E-state index is 0.522. The average Bonchev–Trinajstić information content (AvgIpc) is 2.31. The van der Waals surface area contributed by atoms with E-state index >= 15 is 0 Å². The second-order valence-electron chi connectivity index (χ2n) is 5.38. The van der Waals surface area contributed by atoms with Crippen molar-refractivity contribution in [3.05, 3.63) is 27.7 Å². The summed E-state index contributed by atoms with van der Waals surface area (Å²) >= 11 is 9.54. The smallest absolute Gasteiger partial charge is 0.0568 e.